The fourth-order valence-electron chi connectivity index (χ4n) is 1.71. The Bertz CT molecular complexity index is 628. The van der Waals surface area contributed by atoms with Gasteiger partial charge >= 0.3 is 0 Å². The lowest BCUT2D eigenvalue weighted by molar-refractivity contribution is 0.921. The molecule has 0 saturated heterocycles. The minimum Gasteiger partial charge on any atom is -0.325 e. The van der Waals surface area contributed by atoms with Crippen LogP contribution in [0.3, 0.4) is 0 Å². The first kappa shape index (κ1) is 10.8. The topological polar surface area (TPSA) is 43.3 Å². The normalized spacial score (nSPS) is 11.1. The quantitative estimate of drug-likeness (QED) is 0.788. The van der Waals surface area contributed by atoms with Gasteiger partial charge in [0.25, 0.3) is 0 Å². The summed E-state index contributed by atoms with van der Waals surface area (Å²) in [6.07, 6.45) is 2.00. The monoisotopic (exact) mass is 261 g/mol. The summed E-state index contributed by atoms with van der Waals surface area (Å²) in [4.78, 5) is 4.61. The Hall–Kier alpha value is -1.30. The Morgan fingerprint density at radius 1 is 1.29 bits per heavy atom. The van der Waals surface area contributed by atoms with Crippen LogP contribution in [-0.2, 0) is 6.54 Å². The number of imidazole rings is 1. The highest BCUT2D eigenvalue weighted by Crippen LogP contribution is 2.33. The molecule has 2 N–H and O–H groups in total. The molecule has 86 valence electrons. The molecule has 3 rings (SSSR count). The molecule has 0 aliphatic heterocycles. The summed E-state index contributed by atoms with van der Waals surface area (Å²) < 4.78 is 3.29. The van der Waals surface area contributed by atoms with E-state index < -0.39 is 0 Å². The summed E-state index contributed by atoms with van der Waals surface area (Å²) in [6, 6.07) is 10.1. The summed E-state index contributed by atoms with van der Waals surface area (Å²) in [7, 11) is 0. The second-order valence-electron chi connectivity index (χ2n) is 3.53. The van der Waals surface area contributed by atoms with Gasteiger partial charge in [-0.25, -0.2) is 4.98 Å². The molecule has 3 aromatic heterocycles. The molecule has 3 nitrogen and oxygen atoms in total. The van der Waals surface area contributed by atoms with E-state index in [0.717, 1.165) is 16.4 Å². The number of nitrogens with two attached hydrogens (primary N) is 1. The van der Waals surface area contributed by atoms with Crippen LogP contribution in [0.4, 0.5) is 0 Å². The molecule has 0 fully saturated rings. The lowest BCUT2D eigenvalue weighted by Crippen LogP contribution is -2.01. The molecule has 5 heteroatoms. The molecule has 3 aromatic rings. The van der Waals surface area contributed by atoms with E-state index in [1.165, 1.54) is 4.21 Å². The van der Waals surface area contributed by atoms with Crippen molar-refractivity contribution in [1.82, 2.24) is 9.38 Å². The molecule has 0 aromatic carbocycles. The molecule has 0 unspecified atom stereocenters. The van der Waals surface area contributed by atoms with Crippen molar-refractivity contribution in [3.63, 3.8) is 0 Å². The Morgan fingerprint density at radius 3 is 3.00 bits per heavy atom. The molecular weight excluding hydrogens is 250 g/mol. The third kappa shape index (κ3) is 1.97. The van der Waals surface area contributed by atoms with Gasteiger partial charge in [-0.15, -0.1) is 11.3 Å². The van der Waals surface area contributed by atoms with Crippen molar-refractivity contribution in [3.05, 3.63) is 47.6 Å². The van der Waals surface area contributed by atoms with E-state index in [1.807, 2.05) is 30.5 Å². The summed E-state index contributed by atoms with van der Waals surface area (Å²) >= 11 is 3.40. The van der Waals surface area contributed by atoms with Gasteiger partial charge in [0.1, 0.15) is 10.7 Å². The maximum atomic E-state index is 5.82. The van der Waals surface area contributed by atoms with Gasteiger partial charge in [-0.3, -0.25) is 0 Å². The van der Waals surface area contributed by atoms with Crippen molar-refractivity contribution in [2.24, 2.45) is 5.73 Å². The van der Waals surface area contributed by atoms with E-state index in [1.54, 1.807) is 23.1 Å². The summed E-state index contributed by atoms with van der Waals surface area (Å²) in [5.74, 6) is 0. The van der Waals surface area contributed by atoms with E-state index >= 15 is 0 Å². The van der Waals surface area contributed by atoms with Crippen LogP contribution in [0.2, 0.25) is 0 Å². The highest BCUT2D eigenvalue weighted by molar-refractivity contribution is 8.01. The zero-order chi connectivity index (χ0) is 11.7. The van der Waals surface area contributed by atoms with E-state index in [2.05, 4.69) is 20.8 Å². The predicted octanol–water partition coefficient (Wildman–Crippen LogP) is 3.01. The average molecular weight is 261 g/mol. The van der Waals surface area contributed by atoms with Gasteiger partial charge in [0.05, 0.1) is 9.90 Å². The number of pyridine rings is 1. The fraction of sp³-hybridized carbons (Fsp3) is 0.0833. The van der Waals surface area contributed by atoms with Crippen molar-refractivity contribution in [2.45, 2.75) is 15.8 Å². The van der Waals surface area contributed by atoms with Crippen molar-refractivity contribution < 1.29 is 0 Å². The molecule has 0 amide bonds. The molecular formula is C12H11N3S2. The zero-order valence-corrected chi connectivity index (χ0v) is 10.7. The van der Waals surface area contributed by atoms with Crippen molar-refractivity contribution in [1.29, 1.82) is 0 Å². The largest absolute Gasteiger partial charge is 0.325 e. The standard InChI is InChI=1S/C12H11N3S2/c13-8-9-12(17-11-5-3-7-16-11)14-10-4-1-2-6-15(9)10/h1-7H,8,13H2. The van der Waals surface area contributed by atoms with Crippen LogP contribution in [0.25, 0.3) is 5.65 Å². The van der Waals surface area contributed by atoms with Crippen LogP contribution in [0.15, 0.2) is 51.1 Å². The Morgan fingerprint density at radius 2 is 2.24 bits per heavy atom. The van der Waals surface area contributed by atoms with Crippen molar-refractivity contribution in [2.75, 3.05) is 0 Å². The van der Waals surface area contributed by atoms with Gasteiger partial charge in [0.15, 0.2) is 0 Å². The molecule has 3 heterocycles. The number of thiophene rings is 1. The first-order valence-electron chi connectivity index (χ1n) is 5.26. The maximum Gasteiger partial charge on any atom is 0.138 e. The summed E-state index contributed by atoms with van der Waals surface area (Å²) in [5.41, 5.74) is 7.84. The van der Waals surface area contributed by atoms with E-state index in [0.29, 0.717) is 6.54 Å². The van der Waals surface area contributed by atoms with E-state index in [-0.39, 0.29) is 0 Å². The number of hydrogen-bond donors (Lipinski definition) is 1. The van der Waals surface area contributed by atoms with E-state index in [9.17, 15) is 0 Å². The first-order valence-corrected chi connectivity index (χ1v) is 6.95. The molecule has 0 spiro atoms. The second kappa shape index (κ2) is 4.52. The molecule has 0 atom stereocenters. The van der Waals surface area contributed by atoms with Crippen molar-refractivity contribution in [3.8, 4) is 0 Å². The van der Waals surface area contributed by atoms with Gasteiger partial charge in [0.2, 0.25) is 0 Å². The highest BCUT2D eigenvalue weighted by atomic mass is 32.2. The molecule has 0 aliphatic rings. The van der Waals surface area contributed by atoms with Crippen LogP contribution in [0.5, 0.6) is 0 Å². The second-order valence-corrected chi connectivity index (χ2v) is 5.77. The van der Waals surface area contributed by atoms with Gasteiger partial charge < -0.3 is 10.1 Å². The fourth-order valence-corrected chi connectivity index (χ4v) is 3.53. The number of aromatic nitrogens is 2. The van der Waals surface area contributed by atoms with Crippen LogP contribution in [-0.4, -0.2) is 9.38 Å². The lowest BCUT2D eigenvalue weighted by atomic mass is 10.4. The number of nitrogens with zero attached hydrogens (tertiary/aromatic N) is 2. The summed E-state index contributed by atoms with van der Waals surface area (Å²) in [6.45, 7) is 0.499. The van der Waals surface area contributed by atoms with E-state index in [4.69, 9.17) is 5.73 Å². The van der Waals surface area contributed by atoms with Crippen LogP contribution in [0.1, 0.15) is 5.69 Å². The van der Waals surface area contributed by atoms with Gasteiger partial charge in [-0.05, 0) is 23.6 Å². The minimum atomic E-state index is 0.499. The Kier molecular flexibility index (Phi) is 2.88. The molecule has 0 radical (unpaired) electrons. The Labute approximate surface area is 107 Å². The molecule has 0 aliphatic carbocycles. The summed E-state index contributed by atoms with van der Waals surface area (Å²) in [5, 5.41) is 3.07. The van der Waals surface area contributed by atoms with Crippen LogP contribution >= 0.6 is 23.1 Å². The van der Waals surface area contributed by atoms with Gasteiger partial charge in [-0.1, -0.05) is 23.9 Å². The van der Waals surface area contributed by atoms with Gasteiger partial charge in [-0.2, -0.15) is 0 Å². The first-order chi connectivity index (χ1) is 8.38. The highest BCUT2D eigenvalue weighted by Gasteiger charge is 2.11. The van der Waals surface area contributed by atoms with Crippen LogP contribution in [0, 0.1) is 0 Å². The number of fused-ring (bicyclic) bond motifs is 1. The molecule has 0 saturated carbocycles. The van der Waals surface area contributed by atoms with Crippen molar-refractivity contribution >= 4 is 28.7 Å². The predicted molar refractivity (Wildman–Crippen MR) is 71.5 cm³/mol. The Balaban J connectivity index is 2.09. The third-order valence-corrected chi connectivity index (χ3v) is 4.54. The lowest BCUT2D eigenvalue weighted by Gasteiger charge is -1.99. The number of rotatable bonds is 3. The maximum absolute atomic E-state index is 5.82. The minimum absolute atomic E-state index is 0.499. The SMILES string of the molecule is NCc1c(Sc2cccs2)nc2ccccn12. The smallest absolute Gasteiger partial charge is 0.138 e. The molecule has 0 bridgehead atoms. The zero-order valence-electron chi connectivity index (χ0n) is 9.04. The van der Waals surface area contributed by atoms with Crippen LogP contribution < -0.4 is 5.73 Å². The molecule has 17 heavy (non-hydrogen) atoms. The average Bonchev–Trinajstić information content (AvgIpc) is 2.96. The number of hydrogen-bond acceptors (Lipinski definition) is 4. The third-order valence-electron chi connectivity index (χ3n) is 2.48. The van der Waals surface area contributed by atoms with Gasteiger partial charge in [0, 0.05) is 12.7 Å².